The van der Waals surface area contributed by atoms with Gasteiger partial charge in [0.05, 0.1) is 33.0 Å². The Bertz CT molecular complexity index is 2250. The van der Waals surface area contributed by atoms with Crippen LogP contribution in [0.5, 0.6) is 23.0 Å². The fraction of sp³-hybridized carbons (Fsp3) is 0.535. The van der Waals surface area contributed by atoms with E-state index in [1.54, 1.807) is 13.8 Å². The minimum absolute atomic E-state index is 0.0224. The molecule has 7 rings (SSSR count). The highest BCUT2D eigenvalue weighted by Gasteiger charge is 2.67. The molecule has 4 heterocycles. The highest BCUT2D eigenvalue weighted by Crippen LogP contribution is 2.57. The summed E-state index contributed by atoms with van der Waals surface area (Å²) in [5, 5.41) is 106. The van der Waals surface area contributed by atoms with Gasteiger partial charge in [-0.2, -0.15) is 0 Å². The molecule has 0 radical (unpaired) electrons. The minimum Gasteiger partial charge on any atom is -0.507 e. The predicted octanol–water partition coefficient (Wildman–Crippen LogP) is -0.734. The van der Waals surface area contributed by atoms with Crippen molar-refractivity contribution in [3.63, 3.8) is 0 Å². The van der Waals surface area contributed by atoms with Crippen molar-refractivity contribution >= 4 is 16.9 Å². The van der Waals surface area contributed by atoms with Gasteiger partial charge in [0, 0.05) is 35.6 Å². The van der Waals surface area contributed by atoms with Gasteiger partial charge in [-0.05, 0) is 56.2 Å². The van der Waals surface area contributed by atoms with E-state index in [1.165, 1.54) is 49.6 Å². The predicted molar refractivity (Wildman–Crippen MR) is 214 cm³/mol. The Hall–Kier alpha value is -4.68. The first-order valence-corrected chi connectivity index (χ1v) is 20.1. The second-order valence-corrected chi connectivity index (χ2v) is 16.8. The molecule has 344 valence electrons. The van der Waals surface area contributed by atoms with Gasteiger partial charge in [-0.1, -0.05) is 13.0 Å². The number of methoxy groups -OCH3 is 1. The molecule has 10 N–H and O–H groups in total. The highest BCUT2D eigenvalue weighted by molar-refractivity contribution is 5.88. The molecule has 2 bridgehead atoms. The lowest BCUT2D eigenvalue weighted by atomic mass is 9.59. The van der Waals surface area contributed by atoms with Crippen LogP contribution < -0.4 is 19.6 Å². The van der Waals surface area contributed by atoms with E-state index >= 15 is 0 Å². The van der Waals surface area contributed by atoms with E-state index in [1.807, 2.05) is 6.92 Å². The number of hydrogen-bond donors (Lipinski definition) is 10. The van der Waals surface area contributed by atoms with Crippen LogP contribution in [0.3, 0.4) is 0 Å². The Morgan fingerprint density at radius 3 is 2.14 bits per heavy atom. The van der Waals surface area contributed by atoms with Gasteiger partial charge < -0.3 is 88.6 Å². The van der Waals surface area contributed by atoms with Crippen molar-refractivity contribution in [1.29, 1.82) is 0 Å². The third-order valence-corrected chi connectivity index (χ3v) is 12.3. The van der Waals surface area contributed by atoms with E-state index in [9.17, 15) is 60.7 Å². The number of fused-ring (bicyclic) bond motifs is 3. The smallest absolute Gasteiger partial charge is 0.331 e. The summed E-state index contributed by atoms with van der Waals surface area (Å²) in [6.07, 6.45) is -12.9. The molecule has 1 aromatic heterocycles. The van der Waals surface area contributed by atoms with Crippen LogP contribution >= 0.6 is 0 Å². The van der Waals surface area contributed by atoms with Crippen LogP contribution in [0.2, 0.25) is 0 Å². The summed E-state index contributed by atoms with van der Waals surface area (Å²) in [7, 11) is 1.33. The zero-order valence-electron chi connectivity index (χ0n) is 34.6. The molecule has 14 atom stereocenters. The molecule has 1 aliphatic carbocycles. The van der Waals surface area contributed by atoms with Gasteiger partial charge in [-0.15, -0.1) is 0 Å². The third-order valence-electron chi connectivity index (χ3n) is 12.3. The topological polar surface area (TPSA) is 314 Å². The van der Waals surface area contributed by atoms with Crippen molar-refractivity contribution < 1.29 is 93.4 Å². The van der Waals surface area contributed by atoms with Crippen molar-refractivity contribution in [2.45, 2.75) is 112 Å². The number of aromatic hydroxyl groups is 1. The summed E-state index contributed by atoms with van der Waals surface area (Å²) in [5.41, 5.74) is -3.93. The zero-order valence-corrected chi connectivity index (χ0v) is 34.6. The molecule has 20 heteroatoms. The van der Waals surface area contributed by atoms with E-state index < -0.39 is 120 Å². The Kier molecular flexibility index (Phi) is 13.0. The number of esters is 1. The van der Waals surface area contributed by atoms with E-state index in [-0.39, 0.29) is 46.8 Å². The van der Waals surface area contributed by atoms with Gasteiger partial charge in [0.2, 0.25) is 23.8 Å². The van der Waals surface area contributed by atoms with Gasteiger partial charge in [-0.25, -0.2) is 4.79 Å². The molecule has 20 nitrogen and oxygen atoms in total. The largest absolute Gasteiger partial charge is 0.507 e. The molecule has 1 saturated carbocycles. The lowest BCUT2D eigenvalue weighted by Gasteiger charge is -2.49. The van der Waals surface area contributed by atoms with Crippen LogP contribution in [0.4, 0.5) is 0 Å². The summed E-state index contributed by atoms with van der Waals surface area (Å²) in [6, 6.07) is 7.96. The first-order valence-electron chi connectivity index (χ1n) is 20.1. The van der Waals surface area contributed by atoms with Gasteiger partial charge in [0.15, 0.2) is 18.0 Å². The lowest BCUT2D eigenvalue weighted by Crippen LogP contribution is -2.61. The number of ether oxygens (including phenoxy) is 7. The Balaban J connectivity index is 1.11. The second kappa shape index (κ2) is 17.7. The monoisotopic (exact) mass is 888 g/mol. The number of rotatable bonds is 12. The zero-order chi connectivity index (χ0) is 45.8. The number of aliphatic hydroxyl groups is 9. The SMILES string of the molecule is COc1cc(O)c2c(=O)c(O[C@@H]3OC(CO)[C@@H](O)C(O)C3O)c(-c3ccc(O[C@@H]4O[C@@H](CO)[C@@H](O)C(OC(=O)/C=C(C)\C=C\[C@]5(O)[C@@]6(C)CO[C@]5(C)C[C@@H](O)C6)C4O)cc3)oc2c1. The first-order chi connectivity index (χ1) is 29.8. The number of benzene rings is 2. The molecular formula is C43H52O20. The fourth-order valence-electron chi connectivity index (χ4n) is 8.74. The van der Waals surface area contributed by atoms with Gasteiger partial charge in [0.1, 0.15) is 76.0 Å². The molecule has 0 spiro atoms. The van der Waals surface area contributed by atoms with Crippen molar-refractivity contribution in [3.8, 4) is 34.3 Å². The van der Waals surface area contributed by atoms with Gasteiger partial charge in [-0.3, -0.25) is 4.79 Å². The van der Waals surface area contributed by atoms with E-state index in [0.717, 1.165) is 12.1 Å². The quantitative estimate of drug-likeness (QED) is 0.0609. The van der Waals surface area contributed by atoms with Gasteiger partial charge >= 0.3 is 5.97 Å². The van der Waals surface area contributed by atoms with Crippen LogP contribution in [0.15, 0.2) is 69.4 Å². The summed E-state index contributed by atoms with van der Waals surface area (Å²) in [5.74, 6) is -2.25. The van der Waals surface area contributed by atoms with E-state index in [2.05, 4.69) is 0 Å². The highest BCUT2D eigenvalue weighted by atomic mass is 16.7. The van der Waals surface area contributed by atoms with E-state index in [0.29, 0.717) is 12.0 Å². The van der Waals surface area contributed by atoms with Gasteiger partial charge in [0.25, 0.3) is 0 Å². The minimum atomic E-state index is -1.91. The second-order valence-electron chi connectivity index (χ2n) is 16.8. The normalized spacial score (nSPS) is 37.0. The molecular weight excluding hydrogens is 836 g/mol. The molecule has 4 fully saturated rings. The van der Waals surface area contributed by atoms with Crippen molar-refractivity contribution in [2.75, 3.05) is 26.9 Å². The molecule has 5 unspecified atom stereocenters. The van der Waals surface area contributed by atoms with E-state index in [4.69, 9.17) is 37.6 Å². The maximum atomic E-state index is 13.9. The maximum Gasteiger partial charge on any atom is 0.331 e. The first kappa shape index (κ1) is 46.3. The molecule has 0 amide bonds. The summed E-state index contributed by atoms with van der Waals surface area (Å²) < 4.78 is 45.4. The number of phenolic OH excluding ortho intramolecular Hbond substituents is 1. The Morgan fingerprint density at radius 2 is 1.51 bits per heavy atom. The molecule has 3 aromatic rings. The number of carbonyl (C=O) groups excluding carboxylic acids is 1. The number of phenols is 1. The summed E-state index contributed by atoms with van der Waals surface area (Å²) in [6.45, 7) is 3.78. The summed E-state index contributed by atoms with van der Waals surface area (Å²) in [4.78, 5) is 27.1. The number of aliphatic hydroxyl groups excluding tert-OH is 8. The standard InChI is InChI=1S/C43H52O20/c1-19(9-10-43(55)41(2)14-21(46)15-42(43,3)57-18-41)11-28(48)62-37-31(50)27(17-45)61-40(35(37)54)58-22-7-5-20(6-8-22)36-38(63-39-34(53)33(52)30(49)26(16-44)60-39)32(51)29-24(47)12-23(56-4)13-25(29)59-36/h5-13,21,26-27,30-31,33-35,37,39-40,44-47,49-50,52-55H,14-18H2,1-4H3/b10-9+,19-11-/t21-,26?,27-,30+,31+,33?,34?,35?,37?,39-,40+,41+,42+,43-/m0/s1. The average Bonchev–Trinajstić information content (AvgIpc) is 3.33. The van der Waals surface area contributed by atoms with Crippen molar-refractivity contribution in [1.82, 2.24) is 0 Å². The van der Waals surface area contributed by atoms with Crippen molar-refractivity contribution in [3.05, 3.63) is 70.4 Å². The number of carbonyl (C=O) groups is 1. The van der Waals surface area contributed by atoms with Crippen LogP contribution in [0, 0.1) is 5.41 Å². The molecule has 2 aromatic carbocycles. The Labute approximate surface area is 359 Å². The Morgan fingerprint density at radius 1 is 0.857 bits per heavy atom. The molecule has 63 heavy (non-hydrogen) atoms. The molecule has 4 aliphatic rings. The number of hydrogen-bond acceptors (Lipinski definition) is 20. The lowest BCUT2D eigenvalue weighted by molar-refractivity contribution is -0.280. The van der Waals surface area contributed by atoms with Crippen LogP contribution in [-0.2, 0) is 23.7 Å². The summed E-state index contributed by atoms with van der Waals surface area (Å²) >= 11 is 0. The molecule has 3 aliphatic heterocycles. The molecule has 3 saturated heterocycles. The van der Waals surface area contributed by atoms with Crippen molar-refractivity contribution in [2.24, 2.45) is 5.41 Å². The fourth-order valence-corrected chi connectivity index (χ4v) is 8.74. The van der Waals surface area contributed by atoms with Crippen LogP contribution in [0.25, 0.3) is 22.3 Å². The average molecular weight is 889 g/mol. The maximum absolute atomic E-state index is 13.9. The van der Waals surface area contributed by atoms with Crippen LogP contribution in [0.1, 0.15) is 33.6 Å². The van der Waals surface area contributed by atoms with Crippen LogP contribution in [-0.4, -0.2) is 163 Å². The third kappa shape index (κ3) is 8.42. The number of allylic oxidation sites excluding steroid dienone is 2.